The largest absolute Gasteiger partial charge is 0.461 e. The molecular formula is C18H33NO5. The van der Waals surface area contributed by atoms with Crippen LogP contribution in [0.1, 0.15) is 73.1 Å². The van der Waals surface area contributed by atoms with E-state index in [1.807, 2.05) is 0 Å². The van der Waals surface area contributed by atoms with Gasteiger partial charge in [0.2, 0.25) is 0 Å². The second-order valence-electron chi connectivity index (χ2n) is 7.92. The number of nitrogens with one attached hydrogen (secondary N) is 1. The second kappa shape index (κ2) is 9.25. The Morgan fingerprint density at radius 1 is 1.17 bits per heavy atom. The molecule has 2 N–H and O–H groups in total. The van der Waals surface area contributed by atoms with Gasteiger partial charge in [-0.1, -0.05) is 32.1 Å². The molecule has 0 aliphatic heterocycles. The summed E-state index contributed by atoms with van der Waals surface area (Å²) < 4.78 is 10.3. The molecule has 140 valence electrons. The minimum atomic E-state index is -1.39. The first-order valence-corrected chi connectivity index (χ1v) is 8.96. The number of carbonyl (C=O) groups excluding carboxylic acids is 2. The monoisotopic (exact) mass is 343 g/mol. The normalized spacial score (nSPS) is 18.8. The number of hydrogen-bond acceptors (Lipinski definition) is 5. The lowest BCUT2D eigenvalue weighted by Gasteiger charge is -2.30. The van der Waals surface area contributed by atoms with Gasteiger partial charge >= 0.3 is 12.1 Å². The average Bonchev–Trinajstić information content (AvgIpc) is 2.44. The number of ether oxygens (including phenoxy) is 2. The van der Waals surface area contributed by atoms with E-state index < -0.39 is 29.8 Å². The van der Waals surface area contributed by atoms with Gasteiger partial charge in [0.25, 0.3) is 0 Å². The van der Waals surface area contributed by atoms with E-state index in [0.717, 1.165) is 25.7 Å². The maximum Gasteiger partial charge on any atom is 0.407 e. The van der Waals surface area contributed by atoms with Gasteiger partial charge in [0, 0.05) is 0 Å². The van der Waals surface area contributed by atoms with Crippen molar-refractivity contribution >= 4 is 12.1 Å². The van der Waals surface area contributed by atoms with Gasteiger partial charge in [0.05, 0.1) is 12.1 Å². The first kappa shape index (κ1) is 20.7. The predicted octanol–water partition coefficient (Wildman–Crippen LogP) is 3.16. The summed E-state index contributed by atoms with van der Waals surface area (Å²) in [4.78, 5) is 24.1. The summed E-state index contributed by atoms with van der Waals surface area (Å²) in [5.41, 5.74) is -0.636. The van der Waals surface area contributed by atoms with E-state index in [-0.39, 0.29) is 6.10 Å². The molecule has 0 aromatic heterocycles. The fourth-order valence-corrected chi connectivity index (χ4v) is 2.97. The van der Waals surface area contributed by atoms with Gasteiger partial charge in [0.15, 0.2) is 6.10 Å². The van der Waals surface area contributed by atoms with E-state index in [0.29, 0.717) is 12.3 Å². The molecule has 6 nitrogen and oxygen atoms in total. The van der Waals surface area contributed by atoms with Gasteiger partial charge in [-0.25, -0.2) is 9.59 Å². The molecule has 1 aliphatic rings. The number of hydrogen-bond donors (Lipinski definition) is 2. The van der Waals surface area contributed by atoms with Crippen molar-refractivity contribution in [1.82, 2.24) is 5.32 Å². The third-order valence-corrected chi connectivity index (χ3v) is 3.99. The van der Waals surface area contributed by atoms with E-state index in [4.69, 9.17) is 9.47 Å². The SMILES string of the molecule is CC(C)OC(=O)C(O)C(CC1CCCCC1)NC(=O)OC(C)(C)C. The topological polar surface area (TPSA) is 84.9 Å². The van der Waals surface area contributed by atoms with E-state index in [9.17, 15) is 14.7 Å². The zero-order chi connectivity index (χ0) is 18.3. The quantitative estimate of drug-likeness (QED) is 0.724. The van der Waals surface area contributed by atoms with Crippen molar-refractivity contribution in [2.24, 2.45) is 5.92 Å². The Morgan fingerprint density at radius 3 is 2.25 bits per heavy atom. The van der Waals surface area contributed by atoms with Crippen molar-refractivity contribution in [3.8, 4) is 0 Å². The van der Waals surface area contributed by atoms with Crippen LogP contribution in [0.5, 0.6) is 0 Å². The van der Waals surface area contributed by atoms with Gasteiger partial charge in [0.1, 0.15) is 5.60 Å². The Kier molecular flexibility index (Phi) is 8.00. The molecule has 0 saturated heterocycles. The standard InChI is InChI=1S/C18H33NO5/c1-12(2)23-16(21)15(20)14(11-13-9-7-6-8-10-13)19-17(22)24-18(3,4)5/h12-15,20H,6-11H2,1-5H3,(H,19,22). The minimum absolute atomic E-state index is 0.316. The lowest BCUT2D eigenvalue weighted by Crippen LogP contribution is -2.50. The van der Waals surface area contributed by atoms with Crippen LogP contribution < -0.4 is 5.32 Å². The number of rotatable bonds is 6. The fraction of sp³-hybridized carbons (Fsp3) is 0.889. The highest BCUT2D eigenvalue weighted by atomic mass is 16.6. The van der Waals surface area contributed by atoms with Crippen molar-refractivity contribution in [2.45, 2.75) is 97.0 Å². The number of aliphatic hydroxyl groups excluding tert-OH is 1. The van der Waals surface area contributed by atoms with Crippen LogP contribution in [-0.4, -0.2) is 41.0 Å². The first-order valence-electron chi connectivity index (χ1n) is 8.96. The minimum Gasteiger partial charge on any atom is -0.461 e. The average molecular weight is 343 g/mol. The van der Waals surface area contributed by atoms with Crippen LogP contribution in [0.2, 0.25) is 0 Å². The molecule has 1 fully saturated rings. The van der Waals surface area contributed by atoms with E-state index in [1.54, 1.807) is 34.6 Å². The molecule has 2 unspecified atom stereocenters. The van der Waals surface area contributed by atoms with Gasteiger partial charge in [-0.2, -0.15) is 0 Å². The second-order valence-corrected chi connectivity index (χ2v) is 7.92. The molecule has 0 aromatic rings. The number of esters is 1. The molecule has 0 aromatic carbocycles. The van der Waals surface area contributed by atoms with Crippen LogP contribution >= 0.6 is 0 Å². The maximum atomic E-state index is 12.1. The molecule has 1 amide bonds. The molecule has 24 heavy (non-hydrogen) atoms. The summed E-state index contributed by atoms with van der Waals surface area (Å²) in [7, 11) is 0. The first-order chi connectivity index (χ1) is 11.1. The summed E-state index contributed by atoms with van der Waals surface area (Å²) in [6.45, 7) is 8.76. The number of amides is 1. The van der Waals surface area contributed by atoms with Crippen molar-refractivity contribution in [2.75, 3.05) is 0 Å². The van der Waals surface area contributed by atoms with Crippen molar-refractivity contribution in [1.29, 1.82) is 0 Å². The molecule has 0 bridgehead atoms. The predicted molar refractivity (Wildman–Crippen MR) is 91.6 cm³/mol. The number of alkyl carbamates (subject to hydrolysis) is 1. The summed E-state index contributed by atoms with van der Waals surface area (Å²) in [6, 6.07) is -0.700. The lowest BCUT2D eigenvalue weighted by atomic mass is 9.83. The maximum absolute atomic E-state index is 12.1. The highest BCUT2D eigenvalue weighted by molar-refractivity contribution is 5.77. The third kappa shape index (κ3) is 7.99. The Morgan fingerprint density at radius 2 is 1.75 bits per heavy atom. The van der Waals surface area contributed by atoms with Crippen LogP contribution in [0.3, 0.4) is 0 Å². The van der Waals surface area contributed by atoms with Crippen LogP contribution in [0, 0.1) is 5.92 Å². The highest BCUT2D eigenvalue weighted by Crippen LogP contribution is 2.28. The molecule has 6 heteroatoms. The van der Waals surface area contributed by atoms with E-state index in [1.165, 1.54) is 6.42 Å². The van der Waals surface area contributed by atoms with Gasteiger partial charge in [-0.05, 0) is 47.0 Å². The van der Waals surface area contributed by atoms with Crippen molar-refractivity contribution in [3.05, 3.63) is 0 Å². The van der Waals surface area contributed by atoms with Crippen LogP contribution in [0.4, 0.5) is 4.79 Å². The summed E-state index contributed by atoms with van der Waals surface area (Å²) in [6.07, 6.45) is 3.85. The fourth-order valence-electron chi connectivity index (χ4n) is 2.97. The molecule has 2 atom stereocenters. The molecule has 1 saturated carbocycles. The molecule has 0 heterocycles. The molecule has 0 radical (unpaired) electrons. The Labute approximate surface area is 145 Å². The van der Waals surface area contributed by atoms with E-state index in [2.05, 4.69) is 5.32 Å². The zero-order valence-electron chi connectivity index (χ0n) is 15.6. The van der Waals surface area contributed by atoms with Crippen LogP contribution in [0.25, 0.3) is 0 Å². The highest BCUT2D eigenvalue weighted by Gasteiger charge is 2.33. The molecule has 1 rings (SSSR count). The smallest absolute Gasteiger partial charge is 0.407 e. The molecular weight excluding hydrogens is 310 g/mol. The summed E-state index contributed by atoms with van der Waals surface area (Å²) >= 11 is 0. The molecule has 1 aliphatic carbocycles. The zero-order valence-corrected chi connectivity index (χ0v) is 15.6. The Balaban J connectivity index is 2.73. The summed E-state index contributed by atoms with van der Waals surface area (Å²) in [5.74, 6) is -0.318. The number of carbonyl (C=O) groups is 2. The summed E-state index contributed by atoms with van der Waals surface area (Å²) in [5, 5.41) is 13.0. The van der Waals surface area contributed by atoms with Gasteiger partial charge in [-0.3, -0.25) is 0 Å². The number of aliphatic hydroxyl groups is 1. The van der Waals surface area contributed by atoms with Gasteiger partial charge in [-0.15, -0.1) is 0 Å². The van der Waals surface area contributed by atoms with Gasteiger partial charge < -0.3 is 19.9 Å². The third-order valence-electron chi connectivity index (χ3n) is 3.99. The Hall–Kier alpha value is -1.30. The molecule has 0 spiro atoms. The van der Waals surface area contributed by atoms with Crippen molar-refractivity contribution in [3.63, 3.8) is 0 Å². The lowest BCUT2D eigenvalue weighted by molar-refractivity contribution is -0.159. The Bertz CT molecular complexity index is 410. The van der Waals surface area contributed by atoms with Crippen LogP contribution in [0.15, 0.2) is 0 Å². The van der Waals surface area contributed by atoms with E-state index >= 15 is 0 Å². The van der Waals surface area contributed by atoms with Crippen molar-refractivity contribution < 1.29 is 24.2 Å². The van der Waals surface area contributed by atoms with Crippen LogP contribution in [-0.2, 0) is 14.3 Å².